The van der Waals surface area contributed by atoms with E-state index >= 15 is 0 Å². The Morgan fingerprint density at radius 2 is 0.692 bits per heavy atom. The molecule has 0 radical (unpaired) electrons. The monoisotopic (exact) mass is 366 g/mol. The zero-order valence-electron chi connectivity index (χ0n) is 13.2. The summed E-state index contributed by atoms with van der Waals surface area (Å²) in [7, 11) is 0. The average molecular weight is 366 g/mol. The first-order valence-corrected chi connectivity index (χ1v) is 7.62. The van der Waals surface area contributed by atoms with E-state index in [1.54, 1.807) is 0 Å². The van der Waals surface area contributed by atoms with Gasteiger partial charge in [-0.25, -0.2) is 8.78 Å². The van der Waals surface area contributed by atoms with Crippen LogP contribution >= 0.6 is 0 Å². The maximum Gasteiger partial charge on any atom is 0.301 e. The van der Waals surface area contributed by atoms with Gasteiger partial charge in [-0.2, -0.15) is 17.6 Å². The van der Waals surface area contributed by atoms with Gasteiger partial charge in [0.15, 0.2) is 0 Å². The van der Waals surface area contributed by atoms with Crippen LogP contribution in [0, 0.1) is 11.6 Å². The second-order valence-electron chi connectivity index (χ2n) is 5.65. The Balaban J connectivity index is 2.21. The molecule has 0 aliphatic rings. The van der Waals surface area contributed by atoms with Gasteiger partial charge in [0.05, 0.1) is 11.1 Å². The highest BCUT2D eigenvalue weighted by atomic mass is 19.3. The minimum absolute atomic E-state index is 0.788. The van der Waals surface area contributed by atoms with Crippen LogP contribution in [0.3, 0.4) is 0 Å². The van der Waals surface area contributed by atoms with Crippen LogP contribution in [-0.2, 0) is 11.8 Å². The van der Waals surface area contributed by atoms with Crippen LogP contribution in [0.4, 0.5) is 26.3 Å². The van der Waals surface area contributed by atoms with Crippen LogP contribution in [-0.4, -0.2) is 0 Å². The minimum atomic E-state index is -4.03. The molecule has 0 saturated carbocycles. The van der Waals surface area contributed by atoms with Crippen LogP contribution in [0.25, 0.3) is 0 Å². The average Bonchev–Trinajstić information content (AvgIpc) is 2.62. The normalized spacial score (nSPS) is 12.2. The molecule has 0 atom stereocenters. The lowest BCUT2D eigenvalue weighted by Gasteiger charge is -2.25. The second-order valence-corrected chi connectivity index (χ2v) is 5.65. The van der Waals surface area contributed by atoms with Crippen molar-refractivity contribution in [1.82, 2.24) is 0 Å². The van der Waals surface area contributed by atoms with Gasteiger partial charge in [-0.05, 0) is 24.3 Å². The first kappa shape index (κ1) is 18.0. The van der Waals surface area contributed by atoms with E-state index in [1.165, 1.54) is 24.3 Å². The zero-order chi connectivity index (χ0) is 18.9. The Bertz CT molecular complexity index is 856. The molecule has 0 heterocycles. The molecule has 3 rings (SSSR count). The summed E-state index contributed by atoms with van der Waals surface area (Å²) in [6.07, 6.45) is 0. The first-order valence-electron chi connectivity index (χ1n) is 7.62. The Morgan fingerprint density at radius 3 is 1.00 bits per heavy atom. The first-order chi connectivity index (χ1) is 12.3. The number of halogens is 6. The van der Waals surface area contributed by atoms with Crippen LogP contribution in [0.15, 0.2) is 72.8 Å². The van der Waals surface area contributed by atoms with Crippen molar-refractivity contribution < 1.29 is 26.3 Å². The standard InChI is InChI=1S/C20H12F6/c21-17-11-5-3-9-15(17)19(23,24)13-7-1-2-8-14(13)20(25,26)16-10-4-6-12-18(16)22/h1-12H. The smallest absolute Gasteiger partial charge is 0.206 e. The molecule has 0 aliphatic carbocycles. The van der Waals surface area contributed by atoms with E-state index < -0.39 is 45.7 Å². The largest absolute Gasteiger partial charge is 0.301 e. The van der Waals surface area contributed by atoms with Gasteiger partial charge in [-0.1, -0.05) is 48.5 Å². The maximum absolute atomic E-state index is 14.9. The van der Waals surface area contributed by atoms with Crippen LogP contribution < -0.4 is 0 Å². The van der Waals surface area contributed by atoms with E-state index in [0.29, 0.717) is 0 Å². The topological polar surface area (TPSA) is 0 Å². The fourth-order valence-corrected chi connectivity index (χ4v) is 2.75. The molecule has 0 bridgehead atoms. The predicted molar refractivity (Wildman–Crippen MR) is 85.2 cm³/mol. The quantitative estimate of drug-likeness (QED) is 0.479. The number of benzene rings is 3. The van der Waals surface area contributed by atoms with Gasteiger partial charge in [0.1, 0.15) is 11.6 Å². The molecule has 3 aromatic carbocycles. The van der Waals surface area contributed by atoms with Gasteiger partial charge >= 0.3 is 11.8 Å². The molecule has 0 aromatic heterocycles. The summed E-state index contributed by atoms with van der Waals surface area (Å²) in [5.74, 6) is -10.5. The highest BCUT2D eigenvalue weighted by Gasteiger charge is 2.46. The van der Waals surface area contributed by atoms with Gasteiger partial charge in [-0.3, -0.25) is 0 Å². The molecule has 0 saturated heterocycles. The van der Waals surface area contributed by atoms with Crippen molar-refractivity contribution in [1.29, 1.82) is 0 Å². The molecule has 0 aliphatic heterocycles. The van der Waals surface area contributed by atoms with Gasteiger partial charge in [0.25, 0.3) is 0 Å². The summed E-state index contributed by atoms with van der Waals surface area (Å²) in [6, 6.07) is 12.0. The maximum atomic E-state index is 14.9. The van der Waals surface area contributed by atoms with Crippen LogP contribution in [0.1, 0.15) is 22.3 Å². The van der Waals surface area contributed by atoms with E-state index in [0.717, 1.165) is 48.5 Å². The fourth-order valence-electron chi connectivity index (χ4n) is 2.75. The summed E-state index contributed by atoms with van der Waals surface area (Å²) >= 11 is 0. The Kier molecular flexibility index (Phi) is 4.52. The van der Waals surface area contributed by atoms with E-state index in [1.807, 2.05) is 0 Å². The number of rotatable bonds is 4. The summed E-state index contributed by atoms with van der Waals surface area (Å²) in [4.78, 5) is 0. The Labute approximate surface area is 145 Å². The molecule has 26 heavy (non-hydrogen) atoms. The molecule has 0 N–H and O–H groups in total. The molecule has 0 amide bonds. The van der Waals surface area contributed by atoms with Crippen molar-refractivity contribution >= 4 is 0 Å². The van der Waals surface area contributed by atoms with Crippen molar-refractivity contribution in [2.75, 3.05) is 0 Å². The molecule has 0 nitrogen and oxygen atoms in total. The molecule has 0 unspecified atom stereocenters. The summed E-state index contributed by atoms with van der Waals surface area (Å²) in [5, 5.41) is 0. The SMILES string of the molecule is Fc1ccccc1C(F)(F)c1ccccc1C(F)(F)c1ccccc1F. The summed E-state index contributed by atoms with van der Waals surface area (Å²) in [5.41, 5.74) is -4.23. The van der Waals surface area contributed by atoms with E-state index in [9.17, 15) is 26.3 Å². The Hall–Kier alpha value is -2.76. The number of hydrogen-bond donors (Lipinski definition) is 0. The highest BCUT2D eigenvalue weighted by Crippen LogP contribution is 2.46. The van der Waals surface area contributed by atoms with Crippen molar-refractivity contribution in [3.05, 3.63) is 107 Å². The third-order valence-corrected chi connectivity index (χ3v) is 4.03. The minimum Gasteiger partial charge on any atom is -0.206 e. The molecule has 6 heteroatoms. The van der Waals surface area contributed by atoms with Gasteiger partial charge in [0, 0.05) is 11.1 Å². The van der Waals surface area contributed by atoms with Gasteiger partial charge in [0.2, 0.25) is 0 Å². The lowest BCUT2D eigenvalue weighted by atomic mass is 9.89. The fraction of sp³-hybridized carbons (Fsp3) is 0.100. The van der Waals surface area contributed by atoms with Gasteiger partial charge < -0.3 is 0 Å². The van der Waals surface area contributed by atoms with Crippen molar-refractivity contribution in [2.45, 2.75) is 11.8 Å². The lowest BCUT2D eigenvalue weighted by molar-refractivity contribution is 0.0116. The molecule has 0 spiro atoms. The van der Waals surface area contributed by atoms with Crippen LogP contribution in [0.5, 0.6) is 0 Å². The van der Waals surface area contributed by atoms with Crippen molar-refractivity contribution in [2.24, 2.45) is 0 Å². The van der Waals surface area contributed by atoms with E-state index in [2.05, 4.69) is 0 Å². The van der Waals surface area contributed by atoms with E-state index in [-0.39, 0.29) is 0 Å². The predicted octanol–water partition coefficient (Wildman–Crippen LogP) is 6.25. The van der Waals surface area contributed by atoms with Crippen LogP contribution in [0.2, 0.25) is 0 Å². The zero-order valence-corrected chi connectivity index (χ0v) is 13.2. The molecule has 0 fully saturated rings. The Morgan fingerprint density at radius 1 is 0.423 bits per heavy atom. The summed E-state index contributed by atoms with van der Waals surface area (Å²) < 4.78 is 87.3. The summed E-state index contributed by atoms with van der Waals surface area (Å²) in [6.45, 7) is 0. The molecule has 134 valence electrons. The van der Waals surface area contributed by atoms with E-state index in [4.69, 9.17) is 0 Å². The highest BCUT2D eigenvalue weighted by molar-refractivity contribution is 5.45. The van der Waals surface area contributed by atoms with Gasteiger partial charge in [-0.15, -0.1) is 0 Å². The number of alkyl halides is 4. The molecular formula is C20H12F6. The third kappa shape index (κ3) is 2.96. The van der Waals surface area contributed by atoms with Crippen molar-refractivity contribution in [3.63, 3.8) is 0 Å². The molecular weight excluding hydrogens is 354 g/mol. The second kappa shape index (κ2) is 6.52. The molecule has 3 aromatic rings. The lowest BCUT2D eigenvalue weighted by Crippen LogP contribution is -2.26. The number of hydrogen-bond acceptors (Lipinski definition) is 0. The third-order valence-electron chi connectivity index (χ3n) is 4.03. The van der Waals surface area contributed by atoms with Crippen molar-refractivity contribution in [3.8, 4) is 0 Å².